The minimum absolute atomic E-state index is 0. The molecular formula is C17H27IN4S. The number of benzene rings is 1. The lowest BCUT2D eigenvalue weighted by Gasteiger charge is -2.28. The molecule has 1 aromatic carbocycles. The van der Waals surface area contributed by atoms with E-state index in [0.29, 0.717) is 6.04 Å². The highest BCUT2D eigenvalue weighted by Gasteiger charge is 2.22. The van der Waals surface area contributed by atoms with Crippen molar-refractivity contribution in [1.82, 2.24) is 10.6 Å². The minimum Gasteiger partial charge on any atom is -0.370 e. The van der Waals surface area contributed by atoms with Gasteiger partial charge in [0.2, 0.25) is 0 Å². The van der Waals surface area contributed by atoms with Gasteiger partial charge in [0.05, 0.1) is 6.54 Å². The molecular weight excluding hydrogens is 419 g/mol. The molecule has 0 aromatic heterocycles. The summed E-state index contributed by atoms with van der Waals surface area (Å²) in [4.78, 5) is 7.16. The molecule has 1 aromatic rings. The number of guanidine groups is 1. The zero-order valence-electron chi connectivity index (χ0n) is 13.8. The normalized spacial score (nSPS) is 18.3. The standard InChI is InChI=1S/C17H26N4S.HI/c1-2-18-17(20-15-5-6-15)19-13-14-3-7-16(8-4-14)21-9-11-22-12-10-21;/h3-4,7-8,15H,2,5-6,9-13H2,1H3,(H2,18,19,20);1H. The Kier molecular flexibility index (Phi) is 7.82. The summed E-state index contributed by atoms with van der Waals surface area (Å²) < 4.78 is 0. The summed E-state index contributed by atoms with van der Waals surface area (Å²) in [5.41, 5.74) is 2.61. The van der Waals surface area contributed by atoms with Crippen LogP contribution < -0.4 is 15.5 Å². The summed E-state index contributed by atoms with van der Waals surface area (Å²) in [5.74, 6) is 3.43. The number of nitrogens with one attached hydrogen (secondary N) is 2. The summed E-state index contributed by atoms with van der Waals surface area (Å²) in [6.45, 7) is 6.08. The van der Waals surface area contributed by atoms with Gasteiger partial charge in [-0.25, -0.2) is 4.99 Å². The molecule has 0 bridgehead atoms. The van der Waals surface area contributed by atoms with Crippen molar-refractivity contribution in [2.45, 2.75) is 32.4 Å². The highest BCUT2D eigenvalue weighted by atomic mass is 127. The lowest BCUT2D eigenvalue weighted by atomic mass is 10.2. The van der Waals surface area contributed by atoms with Crippen molar-refractivity contribution in [1.29, 1.82) is 0 Å². The van der Waals surface area contributed by atoms with E-state index in [2.05, 4.69) is 51.7 Å². The maximum atomic E-state index is 4.68. The zero-order chi connectivity index (χ0) is 15.2. The zero-order valence-corrected chi connectivity index (χ0v) is 16.9. The number of aliphatic imine (C=N–C) groups is 1. The summed E-state index contributed by atoms with van der Waals surface area (Å²) in [6, 6.07) is 9.53. The Morgan fingerprint density at radius 1 is 1.22 bits per heavy atom. The largest absolute Gasteiger partial charge is 0.370 e. The van der Waals surface area contributed by atoms with Gasteiger partial charge in [0, 0.05) is 42.9 Å². The first-order chi connectivity index (χ1) is 10.8. The lowest BCUT2D eigenvalue weighted by molar-refractivity contribution is 0.812. The maximum Gasteiger partial charge on any atom is 0.191 e. The van der Waals surface area contributed by atoms with Crippen molar-refractivity contribution in [2.24, 2.45) is 4.99 Å². The first-order valence-electron chi connectivity index (χ1n) is 8.31. The molecule has 1 saturated carbocycles. The van der Waals surface area contributed by atoms with E-state index in [9.17, 15) is 0 Å². The van der Waals surface area contributed by atoms with Crippen LogP contribution in [0.4, 0.5) is 5.69 Å². The van der Waals surface area contributed by atoms with E-state index in [1.54, 1.807) is 0 Å². The Balaban J connectivity index is 0.00000192. The molecule has 1 heterocycles. The van der Waals surface area contributed by atoms with Gasteiger partial charge in [-0.2, -0.15) is 11.8 Å². The van der Waals surface area contributed by atoms with Crippen molar-refractivity contribution in [3.05, 3.63) is 29.8 Å². The van der Waals surface area contributed by atoms with Crippen LogP contribution in [0.5, 0.6) is 0 Å². The van der Waals surface area contributed by atoms with Gasteiger partial charge in [-0.05, 0) is 37.5 Å². The van der Waals surface area contributed by atoms with Crippen molar-refractivity contribution < 1.29 is 0 Å². The number of hydrogen-bond donors (Lipinski definition) is 2. The number of rotatable bonds is 5. The molecule has 1 aliphatic carbocycles. The average Bonchev–Trinajstić information content (AvgIpc) is 3.38. The van der Waals surface area contributed by atoms with Gasteiger partial charge in [0.1, 0.15) is 0 Å². The predicted molar refractivity (Wildman–Crippen MR) is 112 cm³/mol. The molecule has 4 nitrogen and oxygen atoms in total. The lowest BCUT2D eigenvalue weighted by Crippen LogP contribution is -2.38. The molecule has 0 unspecified atom stereocenters. The smallest absolute Gasteiger partial charge is 0.191 e. The fourth-order valence-electron chi connectivity index (χ4n) is 2.55. The molecule has 0 spiro atoms. The molecule has 6 heteroatoms. The topological polar surface area (TPSA) is 39.7 Å². The number of thioether (sulfide) groups is 1. The van der Waals surface area contributed by atoms with E-state index >= 15 is 0 Å². The van der Waals surface area contributed by atoms with E-state index in [4.69, 9.17) is 0 Å². The van der Waals surface area contributed by atoms with Crippen LogP contribution in [0.2, 0.25) is 0 Å². The number of halogens is 1. The molecule has 23 heavy (non-hydrogen) atoms. The van der Waals surface area contributed by atoms with Crippen LogP contribution >= 0.6 is 35.7 Å². The predicted octanol–water partition coefficient (Wildman–Crippen LogP) is 3.08. The third-order valence-electron chi connectivity index (χ3n) is 3.99. The molecule has 2 aliphatic rings. The summed E-state index contributed by atoms with van der Waals surface area (Å²) in [5, 5.41) is 6.77. The highest BCUT2D eigenvalue weighted by molar-refractivity contribution is 14.0. The van der Waals surface area contributed by atoms with Crippen molar-refractivity contribution in [3.8, 4) is 0 Å². The van der Waals surface area contributed by atoms with Gasteiger partial charge in [-0.3, -0.25) is 0 Å². The van der Waals surface area contributed by atoms with Crippen LogP contribution in [-0.2, 0) is 6.54 Å². The van der Waals surface area contributed by atoms with Crippen LogP contribution in [0.1, 0.15) is 25.3 Å². The van der Waals surface area contributed by atoms with Gasteiger partial charge in [0.15, 0.2) is 5.96 Å². The fourth-order valence-corrected chi connectivity index (χ4v) is 3.45. The second-order valence-corrected chi connectivity index (χ2v) is 7.10. The third-order valence-corrected chi connectivity index (χ3v) is 4.94. The van der Waals surface area contributed by atoms with Gasteiger partial charge >= 0.3 is 0 Å². The Hall–Kier alpha value is -0.630. The summed E-state index contributed by atoms with van der Waals surface area (Å²) >= 11 is 2.05. The van der Waals surface area contributed by atoms with Crippen molar-refractivity contribution >= 4 is 47.4 Å². The molecule has 1 aliphatic heterocycles. The molecule has 0 atom stereocenters. The van der Waals surface area contributed by atoms with Crippen LogP contribution in [-0.4, -0.2) is 43.1 Å². The van der Waals surface area contributed by atoms with Crippen LogP contribution in [0.3, 0.4) is 0 Å². The third kappa shape index (κ3) is 6.06. The first-order valence-corrected chi connectivity index (χ1v) is 9.47. The molecule has 2 N–H and O–H groups in total. The Labute approximate surface area is 160 Å². The van der Waals surface area contributed by atoms with E-state index in [-0.39, 0.29) is 24.0 Å². The molecule has 0 amide bonds. The van der Waals surface area contributed by atoms with Gasteiger partial charge in [-0.15, -0.1) is 24.0 Å². The average molecular weight is 446 g/mol. The quantitative estimate of drug-likeness (QED) is 0.415. The molecule has 2 fully saturated rings. The highest BCUT2D eigenvalue weighted by Crippen LogP contribution is 2.20. The Bertz CT molecular complexity index is 496. The SMILES string of the molecule is CCNC(=NCc1ccc(N2CCSCC2)cc1)NC1CC1.I. The monoisotopic (exact) mass is 446 g/mol. The van der Waals surface area contributed by atoms with Crippen LogP contribution in [0, 0.1) is 0 Å². The van der Waals surface area contributed by atoms with Crippen molar-refractivity contribution in [2.75, 3.05) is 36.0 Å². The summed E-state index contributed by atoms with van der Waals surface area (Å²) in [6.07, 6.45) is 2.54. The molecule has 1 saturated heterocycles. The number of nitrogens with zero attached hydrogens (tertiary/aromatic N) is 2. The van der Waals surface area contributed by atoms with Crippen molar-refractivity contribution in [3.63, 3.8) is 0 Å². The minimum atomic E-state index is 0. The summed E-state index contributed by atoms with van der Waals surface area (Å²) in [7, 11) is 0. The van der Waals surface area contributed by atoms with Gasteiger partial charge in [0.25, 0.3) is 0 Å². The van der Waals surface area contributed by atoms with E-state index in [0.717, 1.165) is 32.1 Å². The Morgan fingerprint density at radius 2 is 1.91 bits per heavy atom. The van der Waals surface area contributed by atoms with E-state index in [1.165, 1.54) is 35.6 Å². The van der Waals surface area contributed by atoms with E-state index < -0.39 is 0 Å². The van der Waals surface area contributed by atoms with Gasteiger partial charge in [-0.1, -0.05) is 12.1 Å². The van der Waals surface area contributed by atoms with E-state index in [1.807, 2.05) is 11.8 Å². The molecule has 3 rings (SSSR count). The molecule has 0 radical (unpaired) electrons. The second kappa shape index (κ2) is 9.61. The number of anilines is 1. The Morgan fingerprint density at radius 3 is 2.52 bits per heavy atom. The van der Waals surface area contributed by atoms with Crippen LogP contribution in [0.25, 0.3) is 0 Å². The maximum absolute atomic E-state index is 4.68. The van der Waals surface area contributed by atoms with Crippen LogP contribution in [0.15, 0.2) is 29.3 Å². The van der Waals surface area contributed by atoms with Gasteiger partial charge < -0.3 is 15.5 Å². The molecule has 128 valence electrons. The first kappa shape index (κ1) is 18.7. The number of hydrogen-bond acceptors (Lipinski definition) is 3. The second-order valence-electron chi connectivity index (χ2n) is 5.88. The fraction of sp³-hybridized carbons (Fsp3) is 0.588.